The van der Waals surface area contributed by atoms with Gasteiger partial charge in [-0.15, -0.1) is 6.58 Å². The average molecular weight is 733 g/mol. The summed E-state index contributed by atoms with van der Waals surface area (Å²) in [6, 6.07) is 6.83. The van der Waals surface area contributed by atoms with Crippen molar-refractivity contribution in [3.05, 3.63) is 54.8 Å². The lowest BCUT2D eigenvalue weighted by Gasteiger charge is -2.35. The van der Waals surface area contributed by atoms with Gasteiger partial charge in [0.2, 0.25) is 27.7 Å². The number of esters is 1. The van der Waals surface area contributed by atoms with Crippen LogP contribution in [-0.4, -0.2) is 77.6 Å². The van der Waals surface area contributed by atoms with E-state index >= 15 is 0 Å². The molecule has 12 nitrogen and oxygen atoms in total. The summed E-state index contributed by atoms with van der Waals surface area (Å²) in [6.45, 7) is 9.47. The molecule has 5 aliphatic rings. The third-order valence-electron chi connectivity index (χ3n) is 11.5. The van der Waals surface area contributed by atoms with E-state index in [1.807, 2.05) is 45.0 Å². The minimum absolute atomic E-state index is 0.0288. The summed E-state index contributed by atoms with van der Waals surface area (Å²) in [5.41, 5.74) is -1.24. The van der Waals surface area contributed by atoms with E-state index in [1.54, 1.807) is 6.20 Å². The summed E-state index contributed by atoms with van der Waals surface area (Å²) in [5.74, 6) is -3.07. The van der Waals surface area contributed by atoms with Crippen molar-refractivity contribution in [2.45, 2.75) is 108 Å². The van der Waals surface area contributed by atoms with Crippen LogP contribution in [0.15, 0.2) is 49.2 Å². The first-order valence-electron chi connectivity index (χ1n) is 18.4. The zero-order valence-corrected chi connectivity index (χ0v) is 30.8. The second-order valence-corrected chi connectivity index (χ2v) is 18.2. The maximum Gasteiger partial charge on any atom is 0.306 e. The minimum Gasteiger partial charge on any atom is -0.472 e. The Morgan fingerprint density at radius 1 is 1.10 bits per heavy atom. The van der Waals surface area contributed by atoms with Crippen molar-refractivity contribution in [3.63, 3.8) is 0 Å². The summed E-state index contributed by atoms with van der Waals surface area (Å²) in [5, 5.41) is 3.92. The zero-order valence-electron chi connectivity index (χ0n) is 30.0. The fourth-order valence-electron chi connectivity index (χ4n) is 8.06. The number of ether oxygens (including phenoxy) is 2. The lowest BCUT2D eigenvalue weighted by atomic mass is 9.77. The van der Waals surface area contributed by atoms with Crippen molar-refractivity contribution in [2.75, 3.05) is 6.54 Å². The number of allylic oxidation sites excluding steroid dienone is 1. The second kappa shape index (κ2) is 13.6. The van der Waals surface area contributed by atoms with Gasteiger partial charge < -0.3 is 19.7 Å². The van der Waals surface area contributed by atoms with Gasteiger partial charge in [0, 0.05) is 23.9 Å². The first kappa shape index (κ1) is 36.1. The first-order valence-corrected chi connectivity index (χ1v) is 20.0. The van der Waals surface area contributed by atoms with Crippen molar-refractivity contribution < 1.29 is 37.1 Å². The molecular formula is C39H48N4O8S. The number of rotatable bonds is 6. The fraction of sp³-hybridized carbons (Fsp3) is 0.564. The largest absolute Gasteiger partial charge is 0.472 e. The summed E-state index contributed by atoms with van der Waals surface area (Å²) >= 11 is 0. The maximum atomic E-state index is 14.7. The summed E-state index contributed by atoms with van der Waals surface area (Å²) in [6.07, 6.45) is 10.9. The Kier molecular flexibility index (Phi) is 9.46. The van der Waals surface area contributed by atoms with Crippen LogP contribution in [0.25, 0.3) is 16.8 Å². The number of carbonyl (C=O) groups is 4. The van der Waals surface area contributed by atoms with E-state index in [9.17, 15) is 27.6 Å². The Hall–Kier alpha value is -4.26. The van der Waals surface area contributed by atoms with Crippen LogP contribution in [0.5, 0.6) is 5.88 Å². The molecule has 3 aliphatic carbocycles. The predicted molar refractivity (Wildman–Crippen MR) is 194 cm³/mol. The van der Waals surface area contributed by atoms with E-state index < -0.39 is 73.9 Å². The van der Waals surface area contributed by atoms with Gasteiger partial charge in [0.15, 0.2) is 0 Å². The standard InChI is InChI=1S/C39H48N4O8S/c1-5-26-21-39(26,37(47)42-52(48,49)28-14-15-28)41-34(45)31-19-27-22-43(31)36(46)30(38(2,3)4)20-33(44)51-32-11-7-10-25(32)9-6-8-23-12-13-24-16-17-40-35(50-27)29(24)18-23/h5-6,8,12-13,16-18,25-28,30-32H,1,7,9-11,14-15,19-22H2,2-4H3,(H,41,45)(H,42,47)/b8-6+/t25-,26+,27-,30-,31+,32-,39-/m1/s1. The molecule has 0 unspecified atom stereocenters. The van der Waals surface area contributed by atoms with Gasteiger partial charge in [-0.3, -0.25) is 23.9 Å². The van der Waals surface area contributed by atoms with E-state index in [0.29, 0.717) is 18.7 Å². The van der Waals surface area contributed by atoms with Crippen LogP contribution in [0.3, 0.4) is 0 Å². The molecule has 2 aliphatic heterocycles. The van der Waals surface area contributed by atoms with Crippen molar-refractivity contribution in [2.24, 2.45) is 23.2 Å². The second-order valence-electron chi connectivity index (χ2n) is 16.2. The Labute approximate surface area is 304 Å². The molecule has 4 bridgehead atoms. The van der Waals surface area contributed by atoms with Gasteiger partial charge in [-0.2, -0.15) is 0 Å². The molecule has 1 saturated heterocycles. The Morgan fingerprint density at radius 2 is 1.88 bits per heavy atom. The highest BCUT2D eigenvalue weighted by molar-refractivity contribution is 7.91. The molecule has 2 aromatic rings. The van der Waals surface area contributed by atoms with Crippen LogP contribution in [-0.2, 0) is 33.9 Å². The zero-order chi connectivity index (χ0) is 37.0. The monoisotopic (exact) mass is 732 g/mol. The van der Waals surface area contributed by atoms with Crippen LogP contribution in [0.1, 0.15) is 84.1 Å². The van der Waals surface area contributed by atoms with Gasteiger partial charge in [0.1, 0.15) is 23.8 Å². The van der Waals surface area contributed by atoms with E-state index in [4.69, 9.17) is 9.47 Å². The summed E-state index contributed by atoms with van der Waals surface area (Å²) < 4.78 is 40.2. The van der Waals surface area contributed by atoms with Gasteiger partial charge in [-0.05, 0) is 79.4 Å². The van der Waals surface area contributed by atoms with Gasteiger partial charge in [-0.25, -0.2) is 13.4 Å². The number of pyridine rings is 1. The Balaban J connectivity index is 1.23. The molecule has 3 amide bonds. The highest BCUT2D eigenvalue weighted by Gasteiger charge is 2.62. The van der Waals surface area contributed by atoms with Crippen molar-refractivity contribution in [1.82, 2.24) is 19.9 Å². The average Bonchev–Trinajstić information content (AvgIpc) is 3.98. The van der Waals surface area contributed by atoms with E-state index in [0.717, 1.165) is 42.0 Å². The molecule has 7 atom stereocenters. The number of fused-ring (bicyclic) bond motifs is 4. The number of nitrogens with one attached hydrogen (secondary N) is 2. The molecule has 278 valence electrons. The molecule has 3 saturated carbocycles. The van der Waals surface area contributed by atoms with Gasteiger partial charge in [0.05, 0.1) is 24.1 Å². The smallest absolute Gasteiger partial charge is 0.306 e. The van der Waals surface area contributed by atoms with E-state index in [2.05, 4.69) is 33.8 Å². The van der Waals surface area contributed by atoms with Crippen LogP contribution in [0.2, 0.25) is 0 Å². The molecule has 13 heteroatoms. The molecule has 0 spiro atoms. The van der Waals surface area contributed by atoms with E-state index in [-0.39, 0.29) is 37.8 Å². The fourth-order valence-corrected chi connectivity index (χ4v) is 9.43. The third-order valence-corrected chi connectivity index (χ3v) is 13.3. The lowest BCUT2D eigenvalue weighted by Crippen LogP contribution is -2.57. The first-order chi connectivity index (χ1) is 24.7. The molecule has 0 radical (unpaired) electrons. The predicted octanol–water partition coefficient (Wildman–Crippen LogP) is 4.43. The number of benzene rings is 1. The molecular weight excluding hydrogens is 685 g/mol. The van der Waals surface area contributed by atoms with Gasteiger partial charge in [0.25, 0.3) is 5.91 Å². The van der Waals surface area contributed by atoms with Gasteiger partial charge >= 0.3 is 5.97 Å². The van der Waals surface area contributed by atoms with Crippen molar-refractivity contribution in [1.29, 1.82) is 0 Å². The highest BCUT2D eigenvalue weighted by Crippen LogP contribution is 2.46. The Bertz CT molecular complexity index is 1930. The third kappa shape index (κ3) is 7.20. The van der Waals surface area contributed by atoms with Gasteiger partial charge in [-0.1, -0.05) is 51.1 Å². The number of sulfonamides is 1. The number of hydrogen-bond donors (Lipinski definition) is 2. The molecule has 1 aromatic heterocycles. The van der Waals surface area contributed by atoms with Crippen molar-refractivity contribution in [3.8, 4) is 5.88 Å². The van der Waals surface area contributed by atoms with Crippen molar-refractivity contribution >= 4 is 50.6 Å². The molecule has 4 fully saturated rings. The SMILES string of the molecule is C=C[C@H]1C[C@]1(NC(=O)[C@@H]1C[C@@H]2CN1C(=O)[C@H](C(C)(C)C)CC(=O)O[C@@H]1CCC[C@H]1C/C=C/c1ccc3ccnc(c3c1)O2)C(=O)NS(=O)(=O)C1CC1. The molecule has 52 heavy (non-hydrogen) atoms. The molecule has 7 rings (SSSR count). The lowest BCUT2D eigenvalue weighted by molar-refractivity contribution is -0.158. The summed E-state index contributed by atoms with van der Waals surface area (Å²) in [7, 11) is -3.88. The number of nitrogens with zero attached hydrogens (tertiary/aromatic N) is 2. The Morgan fingerprint density at radius 3 is 2.60 bits per heavy atom. The normalized spacial score (nSPS) is 31.5. The van der Waals surface area contributed by atoms with Crippen LogP contribution >= 0.6 is 0 Å². The van der Waals surface area contributed by atoms with E-state index in [1.165, 1.54) is 11.0 Å². The van der Waals surface area contributed by atoms with Crippen LogP contribution < -0.4 is 14.8 Å². The molecule has 2 N–H and O–H groups in total. The number of carbonyl (C=O) groups excluding carboxylic acids is 4. The van der Waals surface area contributed by atoms with Crippen LogP contribution in [0.4, 0.5) is 0 Å². The molecule has 3 heterocycles. The maximum absolute atomic E-state index is 14.7. The van der Waals surface area contributed by atoms with Crippen LogP contribution in [0, 0.1) is 23.2 Å². The number of hydrogen-bond acceptors (Lipinski definition) is 9. The quantitative estimate of drug-likeness (QED) is 0.324. The summed E-state index contributed by atoms with van der Waals surface area (Å²) in [4.78, 5) is 62.0. The number of amides is 3. The highest BCUT2D eigenvalue weighted by atomic mass is 32.2. The number of aromatic nitrogens is 1. The minimum atomic E-state index is -3.88. The topological polar surface area (TPSA) is 161 Å². The molecule has 1 aromatic carbocycles.